The van der Waals surface area contributed by atoms with Crippen molar-refractivity contribution in [2.45, 2.75) is 11.8 Å². The second-order valence-electron chi connectivity index (χ2n) is 4.44. The number of sulfone groups is 1. The number of fused-ring (bicyclic) bond motifs is 1. The molecule has 8 heteroatoms. The number of hydrogen-bond donors (Lipinski definition) is 1. The first-order valence-electron chi connectivity index (χ1n) is 5.69. The molecule has 1 aromatic rings. The van der Waals surface area contributed by atoms with Gasteiger partial charge in [-0.2, -0.15) is 0 Å². The molecule has 0 fully saturated rings. The molecule has 0 aromatic heterocycles. The van der Waals surface area contributed by atoms with E-state index in [1.807, 2.05) is 0 Å². The van der Waals surface area contributed by atoms with E-state index in [-0.39, 0.29) is 21.9 Å². The van der Waals surface area contributed by atoms with Crippen LogP contribution in [-0.2, 0) is 19.4 Å². The van der Waals surface area contributed by atoms with Crippen molar-refractivity contribution in [1.82, 2.24) is 0 Å². The van der Waals surface area contributed by atoms with Gasteiger partial charge in [-0.05, 0) is 25.1 Å². The predicted octanol–water partition coefficient (Wildman–Crippen LogP) is -0.505. The zero-order valence-electron chi connectivity index (χ0n) is 10.6. The molecule has 0 saturated carbocycles. The number of nitrogens with two attached hydrogens (primary N) is 1. The lowest BCUT2D eigenvalue weighted by molar-refractivity contribution is -0.121. The van der Waals surface area contributed by atoms with Gasteiger partial charge in [0.2, 0.25) is 11.8 Å². The largest absolute Gasteiger partial charge is 0.368 e. The van der Waals surface area contributed by atoms with E-state index < -0.39 is 33.9 Å². The Bertz CT molecular complexity index is 723. The van der Waals surface area contributed by atoms with E-state index in [1.165, 1.54) is 25.1 Å². The maximum atomic E-state index is 12.0. The van der Waals surface area contributed by atoms with Crippen LogP contribution >= 0.6 is 0 Å². The van der Waals surface area contributed by atoms with Crippen molar-refractivity contribution >= 4 is 33.1 Å². The standard InChI is InChI=1S/C12H12N2O5S/c1-7(15)8-2-3-9-10(4-8)20(18,19)6-12(17)14(9)5-11(13)16/h2-4H,5-6H2,1H3,(H2,13,16). The Kier molecular flexibility index (Phi) is 3.34. The minimum atomic E-state index is -3.81. The van der Waals surface area contributed by atoms with E-state index in [0.717, 1.165) is 4.90 Å². The zero-order valence-corrected chi connectivity index (χ0v) is 11.4. The molecule has 106 valence electrons. The SMILES string of the molecule is CC(=O)c1ccc2c(c1)S(=O)(=O)CC(=O)N2CC(N)=O. The molecule has 0 bridgehead atoms. The van der Waals surface area contributed by atoms with E-state index in [9.17, 15) is 22.8 Å². The lowest BCUT2D eigenvalue weighted by Crippen LogP contribution is -2.45. The molecule has 0 saturated heterocycles. The van der Waals surface area contributed by atoms with Crippen molar-refractivity contribution in [3.05, 3.63) is 23.8 Å². The van der Waals surface area contributed by atoms with Crippen LogP contribution in [-0.4, -0.2) is 38.3 Å². The third kappa shape index (κ3) is 2.42. The van der Waals surface area contributed by atoms with Crippen LogP contribution in [0.2, 0.25) is 0 Å². The first kappa shape index (κ1) is 14.2. The van der Waals surface area contributed by atoms with Crippen molar-refractivity contribution in [3.8, 4) is 0 Å². The molecule has 0 atom stereocenters. The number of ketones is 1. The normalized spacial score (nSPS) is 16.6. The van der Waals surface area contributed by atoms with Gasteiger partial charge in [-0.3, -0.25) is 14.4 Å². The Morgan fingerprint density at radius 2 is 2.00 bits per heavy atom. The first-order chi connectivity index (χ1) is 9.22. The van der Waals surface area contributed by atoms with Crippen LogP contribution < -0.4 is 10.6 Å². The molecule has 0 radical (unpaired) electrons. The fourth-order valence-corrected chi connectivity index (χ4v) is 3.43. The Hall–Kier alpha value is -2.22. The monoisotopic (exact) mass is 296 g/mol. The number of Topliss-reactive ketones (excluding diaryl/α,β-unsaturated/α-hetero) is 1. The van der Waals surface area contributed by atoms with E-state index in [1.54, 1.807) is 0 Å². The van der Waals surface area contributed by atoms with Gasteiger partial charge >= 0.3 is 0 Å². The molecule has 2 N–H and O–H groups in total. The Morgan fingerprint density at radius 3 is 2.55 bits per heavy atom. The summed E-state index contributed by atoms with van der Waals surface area (Å²) in [5.74, 6) is -2.50. The van der Waals surface area contributed by atoms with Crippen LogP contribution in [0, 0.1) is 0 Å². The Morgan fingerprint density at radius 1 is 1.35 bits per heavy atom. The minimum absolute atomic E-state index is 0.0741. The van der Waals surface area contributed by atoms with Crippen molar-refractivity contribution < 1.29 is 22.8 Å². The number of benzene rings is 1. The molecule has 1 aliphatic heterocycles. The minimum Gasteiger partial charge on any atom is -0.368 e. The average molecular weight is 296 g/mol. The number of primary amides is 1. The van der Waals surface area contributed by atoms with E-state index >= 15 is 0 Å². The Balaban J connectivity index is 2.64. The highest BCUT2D eigenvalue weighted by Crippen LogP contribution is 2.32. The summed E-state index contributed by atoms with van der Waals surface area (Å²) in [6, 6.07) is 3.96. The number of carbonyl (C=O) groups is 3. The molecule has 1 aliphatic rings. The van der Waals surface area contributed by atoms with Crippen LogP contribution in [0.15, 0.2) is 23.1 Å². The molecular formula is C12H12N2O5S. The van der Waals surface area contributed by atoms with Gasteiger partial charge in [-0.15, -0.1) is 0 Å². The molecule has 1 aromatic carbocycles. The summed E-state index contributed by atoms with van der Waals surface area (Å²) in [4.78, 5) is 35.0. The Labute approximate surface area is 115 Å². The highest BCUT2D eigenvalue weighted by Gasteiger charge is 2.35. The summed E-state index contributed by atoms with van der Waals surface area (Å²) in [6.07, 6.45) is 0. The molecule has 0 aliphatic carbocycles. The molecule has 0 unspecified atom stereocenters. The van der Waals surface area contributed by atoms with Crippen molar-refractivity contribution in [1.29, 1.82) is 0 Å². The van der Waals surface area contributed by atoms with Gasteiger partial charge in [0.05, 0.1) is 10.6 Å². The van der Waals surface area contributed by atoms with Gasteiger partial charge in [0.25, 0.3) is 0 Å². The summed E-state index contributed by atoms with van der Waals surface area (Å²) in [6.45, 7) is 0.907. The summed E-state index contributed by atoms with van der Waals surface area (Å²) < 4.78 is 24.0. The smallest absolute Gasteiger partial charge is 0.243 e. The number of hydrogen-bond acceptors (Lipinski definition) is 5. The summed E-state index contributed by atoms with van der Waals surface area (Å²) in [7, 11) is -3.81. The van der Waals surface area contributed by atoms with Gasteiger partial charge in [0.15, 0.2) is 15.6 Å². The molecule has 2 amide bonds. The van der Waals surface area contributed by atoms with Crippen molar-refractivity contribution in [2.75, 3.05) is 17.2 Å². The fraction of sp³-hybridized carbons (Fsp3) is 0.250. The second-order valence-corrected chi connectivity index (χ2v) is 6.40. The fourth-order valence-electron chi connectivity index (χ4n) is 1.99. The second kappa shape index (κ2) is 4.71. The molecule has 2 rings (SSSR count). The lowest BCUT2D eigenvalue weighted by Gasteiger charge is -2.28. The molecule has 1 heterocycles. The topological polar surface area (TPSA) is 115 Å². The quantitative estimate of drug-likeness (QED) is 0.755. The van der Waals surface area contributed by atoms with Crippen LogP contribution in [0.3, 0.4) is 0 Å². The third-order valence-corrected chi connectivity index (χ3v) is 4.54. The highest BCUT2D eigenvalue weighted by molar-refractivity contribution is 7.92. The van der Waals surface area contributed by atoms with Gasteiger partial charge in [0, 0.05) is 5.56 Å². The predicted molar refractivity (Wildman–Crippen MR) is 70.0 cm³/mol. The van der Waals surface area contributed by atoms with Crippen LogP contribution in [0.1, 0.15) is 17.3 Å². The summed E-state index contributed by atoms with van der Waals surface area (Å²) in [5.41, 5.74) is 5.35. The number of rotatable bonds is 3. The highest BCUT2D eigenvalue weighted by atomic mass is 32.2. The summed E-state index contributed by atoms with van der Waals surface area (Å²) in [5, 5.41) is 0. The number of carbonyl (C=O) groups excluding carboxylic acids is 3. The van der Waals surface area contributed by atoms with E-state index in [4.69, 9.17) is 5.73 Å². The van der Waals surface area contributed by atoms with Gasteiger partial charge < -0.3 is 10.6 Å². The summed E-state index contributed by atoms with van der Waals surface area (Å²) >= 11 is 0. The van der Waals surface area contributed by atoms with Crippen LogP contribution in [0.4, 0.5) is 5.69 Å². The maximum Gasteiger partial charge on any atom is 0.243 e. The number of amides is 2. The molecule has 0 spiro atoms. The van der Waals surface area contributed by atoms with Crippen molar-refractivity contribution in [2.24, 2.45) is 5.73 Å². The zero-order chi connectivity index (χ0) is 15.1. The van der Waals surface area contributed by atoms with Crippen molar-refractivity contribution in [3.63, 3.8) is 0 Å². The maximum absolute atomic E-state index is 12.0. The van der Waals surface area contributed by atoms with Crippen LogP contribution in [0.5, 0.6) is 0 Å². The number of anilines is 1. The van der Waals surface area contributed by atoms with Gasteiger partial charge in [-0.1, -0.05) is 0 Å². The van der Waals surface area contributed by atoms with E-state index in [0.29, 0.717) is 0 Å². The van der Waals surface area contributed by atoms with Crippen LogP contribution in [0.25, 0.3) is 0 Å². The van der Waals surface area contributed by atoms with E-state index in [2.05, 4.69) is 0 Å². The van der Waals surface area contributed by atoms with Gasteiger partial charge in [-0.25, -0.2) is 8.42 Å². The molecule has 7 nitrogen and oxygen atoms in total. The molecular weight excluding hydrogens is 284 g/mol. The third-order valence-electron chi connectivity index (χ3n) is 2.92. The van der Waals surface area contributed by atoms with Gasteiger partial charge in [0.1, 0.15) is 12.3 Å². The average Bonchev–Trinajstić information content (AvgIpc) is 2.33. The number of nitrogens with zero attached hydrogens (tertiary/aromatic N) is 1. The lowest BCUT2D eigenvalue weighted by atomic mass is 10.1. The first-order valence-corrected chi connectivity index (χ1v) is 7.34. The molecule has 20 heavy (non-hydrogen) atoms.